The van der Waals surface area contributed by atoms with Gasteiger partial charge >= 0.3 is 0 Å². The highest BCUT2D eigenvalue weighted by Gasteiger charge is 2.39. The zero-order chi connectivity index (χ0) is 14.1. The van der Waals surface area contributed by atoms with Crippen LogP contribution >= 0.6 is 0 Å². The average Bonchev–Trinajstić information content (AvgIpc) is 2.63. The minimum absolute atomic E-state index is 0.0258. The number of hydrogen-bond acceptors (Lipinski definition) is 4. The van der Waals surface area contributed by atoms with E-state index < -0.39 is 15.4 Å². The fourth-order valence-electron chi connectivity index (χ4n) is 2.15. The third-order valence-electron chi connectivity index (χ3n) is 3.19. The van der Waals surface area contributed by atoms with Crippen LogP contribution in [-0.4, -0.2) is 31.4 Å². The number of benzene rings is 1. The second-order valence-electron chi connectivity index (χ2n) is 5.05. The zero-order valence-electron chi connectivity index (χ0n) is 10.5. The third kappa shape index (κ3) is 3.12. The van der Waals surface area contributed by atoms with Crippen molar-refractivity contribution < 1.29 is 13.2 Å². The fourth-order valence-corrected chi connectivity index (χ4v) is 4.24. The van der Waals surface area contributed by atoms with Gasteiger partial charge in [-0.1, -0.05) is 0 Å². The first-order chi connectivity index (χ1) is 8.84. The Hall–Kier alpha value is -1.87. The molecule has 1 atom stereocenters. The Morgan fingerprint density at radius 1 is 1.37 bits per heavy atom. The number of nitrogens with zero attached hydrogens (tertiary/aromatic N) is 1. The van der Waals surface area contributed by atoms with E-state index in [9.17, 15) is 13.2 Å². The Morgan fingerprint density at radius 3 is 2.47 bits per heavy atom. The van der Waals surface area contributed by atoms with Crippen LogP contribution in [0.3, 0.4) is 0 Å². The zero-order valence-corrected chi connectivity index (χ0v) is 11.3. The van der Waals surface area contributed by atoms with Crippen LogP contribution in [0.25, 0.3) is 0 Å². The first kappa shape index (κ1) is 13.6. The van der Waals surface area contributed by atoms with Gasteiger partial charge in [-0.2, -0.15) is 5.26 Å². The lowest BCUT2D eigenvalue weighted by Crippen LogP contribution is -2.46. The average molecular weight is 278 g/mol. The highest BCUT2D eigenvalue weighted by Crippen LogP contribution is 2.23. The predicted molar refractivity (Wildman–Crippen MR) is 70.3 cm³/mol. The summed E-state index contributed by atoms with van der Waals surface area (Å²) in [6, 6.07) is 8.20. The molecular formula is C13H14N2O3S. The summed E-state index contributed by atoms with van der Waals surface area (Å²) < 4.78 is 22.9. The van der Waals surface area contributed by atoms with Crippen LogP contribution in [0.5, 0.6) is 0 Å². The van der Waals surface area contributed by atoms with Crippen molar-refractivity contribution in [2.75, 3.05) is 11.5 Å². The van der Waals surface area contributed by atoms with E-state index in [0.717, 1.165) is 0 Å². The summed E-state index contributed by atoms with van der Waals surface area (Å²) >= 11 is 0. The topological polar surface area (TPSA) is 87.0 Å². The van der Waals surface area contributed by atoms with Crippen LogP contribution in [0.15, 0.2) is 24.3 Å². The molecule has 0 spiro atoms. The lowest BCUT2D eigenvalue weighted by molar-refractivity contribution is 0.0915. The van der Waals surface area contributed by atoms with Crippen LogP contribution in [0.4, 0.5) is 0 Å². The molecule has 0 bridgehead atoms. The maximum absolute atomic E-state index is 12.0. The smallest absolute Gasteiger partial charge is 0.251 e. The summed E-state index contributed by atoms with van der Waals surface area (Å²) in [5, 5.41) is 11.4. The normalized spacial score (nSPS) is 24.6. The lowest BCUT2D eigenvalue weighted by atomic mass is 10.0. The molecular weight excluding hydrogens is 264 g/mol. The van der Waals surface area contributed by atoms with Gasteiger partial charge in [-0.15, -0.1) is 0 Å². The molecule has 1 amide bonds. The Kier molecular flexibility index (Phi) is 3.33. The van der Waals surface area contributed by atoms with Crippen LogP contribution in [0.2, 0.25) is 0 Å². The van der Waals surface area contributed by atoms with Crippen LogP contribution in [-0.2, 0) is 9.84 Å². The molecule has 0 radical (unpaired) electrons. The number of rotatable bonds is 2. The first-order valence-electron chi connectivity index (χ1n) is 5.87. The number of hydrogen-bond donors (Lipinski definition) is 1. The summed E-state index contributed by atoms with van der Waals surface area (Å²) in [5.41, 5.74) is 0.194. The maximum Gasteiger partial charge on any atom is 0.251 e. The minimum Gasteiger partial charge on any atom is -0.346 e. The highest BCUT2D eigenvalue weighted by molar-refractivity contribution is 7.91. The van der Waals surface area contributed by atoms with E-state index in [1.165, 1.54) is 0 Å². The van der Waals surface area contributed by atoms with E-state index in [2.05, 4.69) is 5.32 Å². The summed E-state index contributed by atoms with van der Waals surface area (Å²) in [6.45, 7) is 1.74. The molecule has 1 aromatic rings. The SMILES string of the molecule is C[C@@]1(NC(=O)c2ccc(C#N)cc2)CCS(=O)(=O)C1. The van der Waals surface area contributed by atoms with Crippen molar-refractivity contribution in [2.45, 2.75) is 18.9 Å². The van der Waals surface area contributed by atoms with Crippen LogP contribution < -0.4 is 5.32 Å². The second kappa shape index (κ2) is 4.67. The molecule has 0 unspecified atom stereocenters. The number of carbonyl (C=O) groups is 1. The van der Waals surface area contributed by atoms with Gasteiger partial charge in [-0.3, -0.25) is 4.79 Å². The van der Waals surface area contributed by atoms with Crippen molar-refractivity contribution >= 4 is 15.7 Å². The molecule has 2 rings (SSSR count). The van der Waals surface area contributed by atoms with E-state index in [-0.39, 0.29) is 17.4 Å². The van der Waals surface area contributed by atoms with Crippen molar-refractivity contribution in [3.05, 3.63) is 35.4 Å². The molecule has 1 N–H and O–H groups in total. The molecule has 1 aliphatic rings. The summed E-state index contributed by atoms with van der Waals surface area (Å²) in [5.74, 6) is -0.233. The highest BCUT2D eigenvalue weighted by atomic mass is 32.2. The number of nitrogens with one attached hydrogen (secondary N) is 1. The molecule has 1 heterocycles. The van der Waals surface area contributed by atoms with Gasteiger partial charge in [0.15, 0.2) is 9.84 Å². The molecule has 5 nitrogen and oxygen atoms in total. The van der Waals surface area contributed by atoms with E-state index >= 15 is 0 Å². The largest absolute Gasteiger partial charge is 0.346 e. The molecule has 1 aromatic carbocycles. The van der Waals surface area contributed by atoms with E-state index in [4.69, 9.17) is 5.26 Å². The molecule has 100 valence electrons. The number of amides is 1. The van der Waals surface area contributed by atoms with Crippen LogP contribution in [0, 0.1) is 11.3 Å². The van der Waals surface area contributed by atoms with Gasteiger partial charge in [0.1, 0.15) is 0 Å². The standard InChI is InChI=1S/C13H14N2O3S/c1-13(6-7-19(17,18)9-13)15-12(16)11-4-2-10(8-14)3-5-11/h2-5H,6-7,9H2,1H3,(H,15,16)/t13-/m1/s1. The second-order valence-corrected chi connectivity index (χ2v) is 7.23. The fraction of sp³-hybridized carbons (Fsp3) is 0.385. The number of carbonyl (C=O) groups excluding carboxylic acids is 1. The molecule has 1 aliphatic heterocycles. The Bertz CT molecular complexity index is 643. The van der Waals surface area contributed by atoms with Crippen molar-refractivity contribution in [1.29, 1.82) is 5.26 Å². The maximum atomic E-state index is 12.0. The lowest BCUT2D eigenvalue weighted by Gasteiger charge is -2.23. The Labute approximate surface area is 112 Å². The van der Waals surface area contributed by atoms with Crippen molar-refractivity contribution in [3.8, 4) is 6.07 Å². The monoisotopic (exact) mass is 278 g/mol. The third-order valence-corrected chi connectivity index (χ3v) is 5.10. The van der Waals surface area contributed by atoms with Gasteiger partial charge in [-0.25, -0.2) is 8.42 Å². The van der Waals surface area contributed by atoms with Gasteiger partial charge in [0, 0.05) is 5.56 Å². The molecule has 1 saturated heterocycles. The van der Waals surface area contributed by atoms with Crippen molar-refractivity contribution in [3.63, 3.8) is 0 Å². The van der Waals surface area contributed by atoms with Gasteiger partial charge in [0.05, 0.1) is 28.7 Å². The Balaban J connectivity index is 2.11. The molecule has 0 aliphatic carbocycles. The summed E-state index contributed by atoms with van der Waals surface area (Å²) in [7, 11) is -3.05. The number of sulfone groups is 1. The van der Waals surface area contributed by atoms with Gasteiger partial charge in [0.25, 0.3) is 5.91 Å². The van der Waals surface area contributed by atoms with Crippen molar-refractivity contribution in [2.24, 2.45) is 0 Å². The number of nitriles is 1. The molecule has 19 heavy (non-hydrogen) atoms. The summed E-state index contributed by atoms with van der Waals surface area (Å²) in [4.78, 5) is 12.0. The van der Waals surface area contributed by atoms with Crippen LogP contribution in [0.1, 0.15) is 29.3 Å². The molecule has 0 saturated carbocycles. The molecule has 1 fully saturated rings. The minimum atomic E-state index is -3.05. The van der Waals surface area contributed by atoms with Gasteiger partial charge in [-0.05, 0) is 37.6 Å². The quantitative estimate of drug-likeness (QED) is 0.869. The predicted octanol–water partition coefficient (Wildman–Crippen LogP) is 0.865. The van der Waals surface area contributed by atoms with Gasteiger partial charge in [0.2, 0.25) is 0 Å². The summed E-state index contributed by atoms with van der Waals surface area (Å²) in [6.07, 6.45) is 0.428. The Morgan fingerprint density at radius 2 is 2.00 bits per heavy atom. The molecule has 6 heteroatoms. The van der Waals surface area contributed by atoms with E-state index in [1.54, 1.807) is 31.2 Å². The molecule has 0 aromatic heterocycles. The van der Waals surface area contributed by atoms with E-state index in [0.29, 0.717) is 17.5 Å². The van der Waals surface area contributed by atoms with Crippen molar-refractivity contribution in [1.82, 2.24) is 5.32 Å². The van der Waals surface area contributed by atoms with Gasteiger partial charge < -0.3 is 5.32 Å². The first-order valence-corrected chi connectivity index (χ1v) is 7.69. The van der Waals surface area contributed by atoms with E-state index in [1.807, 2.05) is 6.07 Å².